The van der Waals surface area contributed by atoms with E-state index >= 15 is 0 Å². The molecule has 0 radical (unpaired) electrons. The van der Waals surface area contributed by atoms with Gasteiger partial charge >= 0.3 is 6.18 Å². The number of nitrogens with one attached hydrogen (secondary N) is 1. The summed E-state index contributed by atoms with van der Waals surface area (Å²) in [5.74, 6) is 0. The van der Waals surface area contributed by atoms with Crippen molar-refractivity contribution < 1.29 is 13.2 Å². The topological polar surface area (TPSA) is 12.0 Å². The molecule has 0 saturated heterocycles. The molecule has 0 bridgehead atoms. The Labute approximate surface area is 128 Å². The van der Waals surface area contributed by atoms with E-state index in [1.807, 2.05) is 11.4 Å². The van der Waals surface area contributed by atoms with Crippen LogP contribution in [0.25, 0.3) is 0 Å². The van der Waals surface area contributed by atoms with Crippen LogP contribution < -0.4 is 5.32 Å². The summed E-state index contributed by atoms with van der Waals surface area (Å²) in [7, 11) is 1.76. The Balaban J connectivity index is 2.23. The normalized spacial score (nSPS) is 13.4. The standard InChI is InChI=1S/C14H13BrF3NS/c1-19-13(7-12-6-11(15)8-20-12)9-3-2-4-10(5-9)14(16,17)18/h2-6,8,13,19H,7H2,1H3. The average molecular weight is 364 g/mol. The molecule has 1 nitrogen and oxygen atoms in total. The highest BCUT2D eigenvalue weighted by molar-refractivity contribution is 9.10. The van der Waals surface area contributed by atoms with Crippen molar-refractivity contribution in [1.29, 1.82) is 0 Å². The van der Waals surface area contributed by atoms with Crippen molar-refractivity contribution in [3.05, 3.63) is 56.2 Å². The molecule has 20 heavy (non-hydrogen) atoms. The lowest BCUT2D eigenvalue weighted by molar-refractivity contribution is -0.137. The molecule has 108 valence electrons. The molecule has 1 atom stereocenters. The van der Waals surface area contributed by atoms with Crippen LogP contribution in [0.4, 0.5) is 13.2 Å². The smallest absolute Gasteiger partial charge is 0.313 e. The van der Waals surface area contributed by atoms with Crippen molar-refractivity contribution in [2.75, 3.05) is 7.05 Å². The summed E-state index contributed by atoms with van der Waals surface area (Å²) in [5.41, 5.74) is 0.0365. The molecule has 1 aromatic heterocycles. The van der Waals surface area contributed by atoms with Crippen LogP contribution in [0, 0.1) is 0 Å². The quantitative estimate of drug-likeness (QED) is 0.802. The van der Waals surface area contributed by atoms with Gasteiger partial charge in [-0.05, 0) is 46.7 Å². The maximum atomic E-state index is 12.7. The number of rotatable bonds is 4. The highest BCUT2D eigenvalue weighted by Crippen LogP contribution is 2.32. The minimum atomic E-state index is -4.31. The Morgan fingerprint density at radius 2 is 2.05 bits per heavy atom. The third-order valence-electron chi connectivity index (χ3n) is 2.99. The second-order valence-corrected chi connectivity index (χ2v) is 6.31. The predicted molar refractivity (Wildman–Crippen MR) is 79.0 cm³/mol. The highest BCUT2D eigenvalue weighted by atomic mass is 79.9. The lowest BCUT2D eigenvalue weighted by atomic mass is 10.0. The van der Waals surface area contributed by atoms with Crippen LogP contribution in [0.1, 0.15) is 22.0 Å². The molecule has 6 heteroatoms. The van der Waals surface area contributed by atoms with E-state index in [9.17, 15) is 13.2 Å². The van der Waals surface area contributed by atoms with Crippen LogP contribution in [0.15, 0.2) is 40.2 Å². The molecule has 0 spiro atoms. The van der Waals surface area contributed by atoms with Crippen molar-refractivity contribution in [2.24, 2.45) is 0 Å². The van der Waals surface area contributed by atoms with Crippen molar-refractivity contribution in [3.8, 4) is 0 Å². The van der Waals surface area contributed by atoms with Gasteiger partial charge in [-0.15, -0.1) is 11.3 Å². The molecule has 0 amide bonds. The number of hydrogen-bond donors (Lipinski definition) is 1. The van der Waals surface area contributed by atoms with Gasteiger partial charge in [0, 0.05) is 27.2 Å². The summed E-state index contributed by atoms with van der Waals surface area (Å²) < 4.78 is 39.2. The zero-order chi connectivity index (χ0) is 14.8. The SMILES string of the molecule is CNC(Cc1cc(Br)cs1)c1cccc(C(F)(F)F)c1. The van der Waals surface area contributed by atoms with E-state index in [0.717, 1.165) is 15.4 Å². The van der Waals surface area contributed by atoms with Crippen molar-refractivity contribution >= 4 is 27.3 Å². The predicted octanol–water partition coefficient (Wildman–Crippen LogP) is 5.03. The van der Waals surface area contributed by atoms with Crippen LogP contribution >= 0.6 is 27.3 Å². The number of thiophene rings is 1. The second-order valence-electron chi connectivity index (χ2n) is 4.40. The molecule has 1 aromatic carbocycles. The fourth-order valence-corrected chi connectivity index (χ4v) is 3.48. The molecule has 0 fully saturated rings. The first-order valence-corrected chi connectivity index (χ1v) is 7.64. The van der Waals surface area contributed by atoms with Crippen LogP contribution in [0.2, 0.25) is 0 Å². The summed E-state index contributed by atoms with van der Waals surface area (Å²) in [6, 6.07) is 7.33. The van der Waals surface area contributed by atoms with Crippen LogP contribution in [-0.2, 0) is 12.6 Å². The molecule has 1 heterocycles. The number of alkyl halides is 3. The van der Waals surface area contributed by atoms with Crippen molar-refractivity contribution in [2.45, 2.75) is 18.6 Å². The maximum Gasteiger partial charge on any atom is 0.416 e. The van der Waals surface area contributed by atoms with E-state index in [1.165, 1.54) is 12.1 Å². The van der Waals surface area contributed by atoms with Gasteiger partial charge in [0.05, 0.1) is 5.56 Å². The number of halogens is 4. The molecule has 0 saturated carbocycles. The summed E-state index contributed by atoms with van der Waals surface area (Å²) in [5, 5.41) is 5.05. The van der Waals surface area contributed by atoms with Gasteiger partial charge in [-0.2, -0.15) is 13.2 Å². The molecular formula is C14H13BrF3NS. The number of benzene rings is 1. The van der Waals surface area contributed by atoms with E-state index < -0.39 is 11.7 Å². The van der Waals surface area contributed by atoms with E-state index in [4.69, 9.17) is 0 Å². The van der Waals surface area contributed by atoms with Gasteiger partial charge in [0.2, 0.25) is 0 Å². The lowest BCUT2D eigenvalue weighted by Gasteiger charge is -2.17. The Kier molecular flexibility index (Phi) is 4.88. The van der Waals surface area contributed by atoms with Gasteiger partial charge in [0.1, 0.15) is 0 Å². The van der Waals surface area contributed by atoms with Gasteiger partial charge in [0.25, 0.3) is 0 Å². The minimum absolute atomic E-state index is 0.136. The number of hydrogen-bond acceptors (Lipinski definition) is 2. The molecule has 2 aromatic rings. The second kappa shape index (κ2) is 6.28. The fourth-order valence-electron chi connectivity index (χ4n) is 1.98. The molecule has 0 aliphatic rings. The lowest BCUT2D eigenvalue weighted by Crippen LogP contribution is -2.19. The zero-order valence-corrected chi connectivity index (χ0v) is 13.1. The van der Waals surface area contributed by atoms with Gasteiger partial charge in [-0.1, -0.05) is 12.1 Å². The third-order valence-corrected chi connectivity index (χ3v) is 4.71. The monoisotopic (exact) mass is 363 g/mol. The Hall–Kier alpha value is -0.850. The summed E-state index contributed by atoms with van der Waals surface area (Å²) in [4.78, 5) is 1.12. The van der Waals surface area contributed by atoms with Gasteiger partial charge in [-0.3, -0.25) is 0 Å². The van der Waals surface area contributed by atoms with E-state index in [1.54, 1.807) is 24.5 Å². The Bertz CT molecular complexity index is 580. The molecule has 0 aliphatic carbocycles. The summed E-state index contributed by atoms with van der Waals surface area (Å²) >= 11 is 4.97. The van der Waals surface area contributed by atoms with Crippen LogP contribution in [0.3, 0.4) is 0 Å². The largest absolute Gasteiger partial charge is 0.416 e. The van der Waals surface area contributed by atoms with E-state index in [0.29, 0.717) is 12.0 Å². The van der Waals surface area contributed by atoms with E-state index in [2.05, 4.69) is 21.2 Å². The molecule has 0 aliphatic heterocycles. The first-order valence-electron chi connectivity index (χ1n) is 5.97. The Morgan fingerprint density at radius 3 is 2.60 bits per heavy atom. The summed E-state index contributed by atoms with van der Waals surface area (Å²) in [6.07, 6.45) is -3.64. The van der Waals surface area contributed by atoms with Crippen LogP contribution in [-0.4, -0.2) is 7.05 Å². The Morgan fingerprint density at radius 1 is 1.30 bits per heavy atom. The fraction of sp³-hybridized carbons (Fsp3) is 0.286. The number of likely N-dealkylation sites (N-methyl/N-ethyl adjacent to an activating group) is 1. The first kappa shape index (κ1) is 15.5. The zero-order valence-electron chi connectivity index (χ0n) is 10.7. The van der Waals surface area contributed by atoms with Gasteiger partial charge in [-0.25, -0.2) is 0 Å². The van der Waals surface area contributed by atoms with Gasteiger partial charge < -0.3 is 5.32 Å². The maximum absolute atomic E-state index is 12.7. The van der Waals surface area contributed by atoms with Gasteiger partial charge in [0.15, 0.2) is 0 Å². The summed E-state index contributed by atoms with van der Waals surface area (Å²) in [6.45, 7) is 0. The molecule has 2 rings (SSSR count). The highest BCUT2D eigenvalue weighted by Gasteiger charge is 2.30. The molecule has 1 N–H and O–H groups in total. The van der Waals surface area contributed by atoms with Crippen molar-refractivity contribution in [1.82, 2.24) is 5.32 Å². The van der Waals surface area contributed by atoms with Crippen molar-refractivity contribution in [3.63, 3.8) is 0 Å². The molecular weight excluding hydrogens is 351 g/mol. The van der Waals surface area contributed by atoms with Crippen LogP contribution in [0.5, 0.6) is 0 Å². The molecule has 1 unspecified atom stereocenters. The minimum Gasteiger partial charge on any atom is -0.313 e. The van der Waals surface area contributed by atoms with E-state index in [-0.39, 0.29) is 6.04 Å². The average Bonchev–Trinajstić information content (AvgIpc) is 2.81. The third kappa shape index (κ3) is 3.84. The first-order chi connectivity index (χ1) is 9.40.